The molecule has 0 aromatic carbocycles. The SMILES string of the molecule is CNCC(C)(C)C(=O)N(C)C.Cl. The highest BCUT2D eigenvalue weighted by molar-refractivity contribution is 5.85. The van der Waals surface area contributed by atoms with Crippen LogP contribution in [0.15, 0.2) is 0 Å². The second-order valence-electron chi connectivity index (χ2n) is 3.61. The van der Waals surface area contributed by atoms with E-state index in [-0.39, 0.29) is 23.7 Å². The van der Waals surface area contributed by atoms with Crippen LogP contribution in [0.5, 0.6) is 0 Å². The highest BCUT2D eigenvalue weighted by Crippen LogP contribution is 2.15. The van der Waals surface area contributed by atoms with Gasteiger partial charge in [-0.15, -0.1) is 12.4 Å². The molecule has 12 heavy (non-hydrogen) atoms. The summed E-state index contributed by atoms with van der Waals surface area (Å²) >= 11 is 0. The molecule has 0 aliphatic heterocycles. The van der Waals surface area contributed by atoms with Gasteiger partial charge in [-0.3, -0.25) is 4.79 Å². The molecule has 0 unspecified atom stereocenters. The minimum Gasteiger partial charge on any atom is -0.348 e. The summed E-state index contributed by atoms with van der Waals surface area (Å²) < 4.78 is 0. The maximum atomic E-state index is 11.4. The third-order valence-electron chi connectivity index (χ3n) is 1.60. The molecule has 0 saturated heterocycles. The summed E-state index contributed by atoms with van der Waals surface area (Å²) in [6.07, 6.45) is 0. The van der Waals surface area contributed by atoms with Gasteiger partial charge in [0.1, 0.15) is 0 Å². The van der Waals surface area contributed by atoms with E-state index in [1.807, 2.05) is 20.9 Å². The van der Waals surface area contributed by atoms with E-state index in [9.17, 15) is 4.79 Å². The molecule has 4 heteroatoms. The first-order valence-corrected chi connectivity index (χ1v) is 3.78. The van der Waals surface area contributed by atoms with Crippen LogP contribution in [0.4, 0.5) is 0 Å². The Morgan fingerprint density at radius 3 is 2.08 bits per heavy atom. The number of hydrogen-bond acceptors (Lipinski definition) is 2. The van der Waals surface area contributed by atoms with E-state index in [4.69, 9.17) is 0 Å². The summed E-state index contributed by atoms with van der Waals surface area (Å²) in [7, 11) is 5.41. The van der Waals surface area contributed by atoms with Gasteiger partial charge in [0, 0.05) is 20.6 Å². The monoisotopic (exact) mass is 194 g/mol. The number of carbonyl (C=O) groups is 1. The van der Waals surface area contributed by atoms with Crippen molar-refractivity contribution >= 4 is 18.3 Å². The van der Waals surface area contributed by atoms with Gasteiger partial charge in [-0.05, 0) is 20.9 Å². The second kappa shape index (κ2) is 5.38. The zero-order valence-electron chi connectivity index (χ0n) is 8.47. The van der Waals surface area contributed by atoms with Crippen molar-refractivity contribution in [1.29, 1.82) is 0 Å². The molecule has 0 rings (SSSR count). The van der Waals surface area contributed by atoms with Crippen LogP contribution in [0, 0.1) is 5.41 Å². The predicted molar refractivity (Wildman–Crippen MR) is 53.6 cm³/mol. The fourth-order valence-electron chi connectivity index (χ4n) is 1.12. The van der Waals surface area contributed by atoms with Gasteiger partial charge in [-0.1, -0.05) is 0 Å². The van der Waals surface area contributed by atoms with Gasteiger partial charge in [-0.25, -0.2) is 0 Å². The fourth-order valence-corrected chi connectivity index (χ4v) is 1.12. The maximum absolute atomic E-state index is 11.4. The molecule has 1 amide bonds. The molecule has 0 aromatic rings. The molecule has 0 heterocycles. The highest BCUT2D eigenvalue weighted by atomic mass is 35.5. The summed E-state index contributed by atoms with van der Waals surface area (Å²) in [6.45, 7) is 4.58. The lowest BCUT2D eigenvalue weighted by Crippen LogP contribution is -2.41. The van der Waals surface area contributed by atoms with Crippen molar-refractivity contribution in [3.63, 3.8) is 0 Å². The molecule has 74 valence electrons. The summed E-state index contributed by atoms with van der Waals surface area (Å²) in [5.74, 6) is 0.159. The van der Waals surface area contributed by atoms with Gasteiger partial charge in [0.05, 0.1) is 5.41 Å². The first-order valence-electron chi connectivity index (χ1n) is 3.78. The van der Waals surface area contributed by atoms with Crippen LogP contribution in [0.3, 0.4) is 0 Å². The molecular weight excluding hydrogens is 176 g/mol. The third kappa shape index (κ3) is 3.93. The van der Waals surface area contributed by atoms with Gasteiger partial charge in [0.2, 0.25) is 5.91 Å². The van der Waals surface area contributed by atoms with E-state index in [1.165, 1.54) is 0 Å². The van der Waals surface area contributed by atoms with E-state index < -0.39 is 0 Å². The van der Waals surface area contributed by atoms with Crippen molar-refractivity contribution in [3.05, 3.63) is 0 Å². The first-order chi connectivity index (χ1) is 4.91. The lowest BCUT2D eigenvalue weighted by atomic mass is 9.92. The Kier molecular flexibility index (Phi) is 6.39. The minimum absolute atomic E-state index is 0. The predicted octanol–water partition coefficient (Wildman–Crippen LogP) is 0.742. The Bertz CT molecular complexity index is 146. The molecule has 0 fully saturated rings. The number of hydrogen-bond donors (Lipinski definition) is 1. The van der Waals surface area contributed by atoms with E-state index in [0.717, 1.165) is 0 Å². The van der Waals surface area contributed by atoms with E-state index in [1.54, 1.807) is 19.0 Å². The molecule has 3 nitrogen and oxygen atoms in total. The summed E-state index contributed by atoms with van der Waals surface area (Å²) in [4.78, 5) is 13.1. The minimum atomic E-state index is -0.293. The van der Waals surface area contributed by atoms with Crippen LogP contribution in [0.1, 0.15) is 13.8 Å². The average molecular weight is 195 g/mol. The number of nitrogens with one attached hydrogen (secondary N) is 1. The number of carbonyl (C=O) groups excluding carboxylic acids is 1. The second-order valence-corrected chi connectivity index (χ2v) is 3.61. The van der Waals surface area contributed by atoms with Crippen molar-refractivity contribution in [2.75, 3.05) is 27.7 Å². The van der Waals surface area contributed by atoms with Crippen molar-refractivity contribution in [2.24, 2.45) is 5.41 Å². The van der Waals surface area contributed by atoms with Crippen LogP contribution in [-0.2, 0) is 4.79 Å². The largest absolute Gasteiger partial charge is 0.348 e. The molecule has 0 aromatic heterocycles. The Morgan fingerprint density at radius 2 is 1.83 bits per heavy atom. The van der Waals surface area contributed by atoms with Gasteiger partial charge in [-0.2, -0.15) is 0 Å². The normalized spacial score (nSPS) is 10.4. The molecule has 0 aliphatic carbocycles. The third-order valence-corrected chi connectivity index (χ3v) is 1.60. The standard InChI is InChI=1S/C8H18N2O.ClH/c1-8(2,6-9-3)7(11)10(4)5;/h9H,6H2,1-5H3;1H. The van der Waals surface area contributed by atoms with E-state index in [2.05, 4.69) is 5.32 Å². The molecule has 0 radical (unpaired) electrons. The van der Waals surface area contributed by atoms with Crippen LogP contribution >= 0.6 is 12.4 Å². The Morgan fingerprint density at radius 1 is 1.42 bits per heavy atom. The van der Waals surface area contributed by atoms with Gasteiger partial charge in [0.15, 0.2) is 0 Å². The van der Waals surface area contributed by atoms with E-state index in [0.29, 0.717) is 6.54 Å². The van der Waals surface area contributed by atoms with Crippen LogP contribution in [-0.4, -0.2) is 38.5 Å². The molecule has 1 N–H and O–H groups in total. The molecule has 0 spiro atoms. The highest BCUT2D eigenvalue weighted by Gasteiger charge is 2.27. The number of rotatable bonds is 3. The van der Waals surface area contributed by atoms with E-state index >= 15 is 0 Å². The molecule has 0 saturated carbocycles. The van der Waals surface area contributed by atoms with Crippen molar-refractivity contribution in [1.82, 2.24) is 10.2 Å². The lowest BCUT2D eigenvalue weighted by molar-refractivity contribution is -0.137. The van der Waals surface area contributed by atoms with Gasteiger partial charge >= 0.3 is 0 Å². The van der Waals surface area contributed by atoms with Crippen LogP contribution < -0.4 is 5.32 Å². The zero-order chi connectivity index (χ0) is 9.07. The van der Waals surface area contributed by atoms with Gasteiger partial charge in [0.25, 0.3) is 0 Å². The lowest BCUT2D eigenvalue weighted by Gasteiger charge is -2.26. The Hall–Kier alpha value is -0.280. The average Bonchev–Trinajstić information content (AvgIpc) is 1.86. The number of halogens is 1. The van der Waals surface area contributed by atoms with Gasteiger partial charge < -0.3 is 10.2 Å². The summed E-state index contributed by atoms with van der Waals surface area (Å²) in [6, 6.07) is 0. The van der Waals surface area contributed by atoms with Crippen LogP contribution in [0.2, 0.25) is 0 Å². The van der Waals surface area contributed by atoms with Crippen molar-refractivity contribution in [2.45, 2.75) is 13.8 Å². The number of amides is 1. The first kappa shape index (κ1) is 14.3. The smallest absolute Gasteiger partial charge is 0.228 e. The summed E-state index contributed by atoms with van der Waals surface area (Å²) in [5.41, 5.74) is -0.293. The van der Waals surface area contributed by atoms with Crippen molar-refractivity contribution in [3.8, 4) is 0 Å². The van der Waals surface area contributed by atoms with Crippen molar-refractivity contribution < 1.29 is 4.79 Å². The quantitative estimate of drug-likeness (QED) is 0.719. The molecule has 0 bridgehead atoms. The number of nitrogens with zero attached hydrogens (tertiary/aromatic N) is 1. The Balaban J connectivity index is 0. The maximum Gasteiger partial charge on any atom is 0.228 e. The fraction of sp³-hybridized carbons (Fsp3) is 0.875. The van der Waals surface area contributed by atoms with Crippen LogP contribution in [0.25, 0.3) is 0 Å². The Labute approximate surface area is 80.9 Å². The molecule has 0 atom stereocenters. The topological polar surface area (TPSA) is 32.3 Å². The summed E-state index contributed by atoms with van der Waals surface area (Å²) in [5, 5.41) is 3.00. The molecule has 0 aliphatic rings. The zero-order valence-corrected chi connectivity index (χ0v) is 9.29. The molecular formula is C8H19ClN2O.